The summed E-state index contributed by atoms with van der Waals surface area (Å²) in [5.41, 5.74) is 2.52. The van der Waals surface area contributed by atoms with Crippen LogP contribution in [0.3, 0.4) is 0 Å². The summed E-state index contributed by atoms with van der Waals surface area (Å²) in [6, 6.07) is 0. The lowest BCUT2D eigenvalue weighted by Gasteiger charge is -2.08. The summed E-state index contributed by atoms with van der Waals surface area (Å²) in [6.45, 7) is 0.948. The average molecular weight is 128 g/mol. The molecule has 1 fully saturated rings. The molecule has 1 amide bonds. The maximum Gasteiger partial charge on any atom is 0.235 e. The van der Waals surface area contributed by atoms with E-state index in [1.165, 1.54) is 0 Å². The van der Waals surface area contributed by atoms with Crippen molar-refractivity contribution < 1.29 is 9.59 Å². The number of carbonyl (C=O) groups is 2. The summed E-state index contributed by atoms with van der Waals surface area (Å²) in [5.74, 6) is -0.00292. The highest BCUT2D eigenvalue weighted by Crippen LogP contribution is 1.94. The molecule has 1 rings (SSSR count). The lowest BCUT2D eigenvalue weighted by molar-refractivity contribution is -0.121. The van der Waals surface area contributed by atoms with Gasteiger partial charge in [-0.1, -0.05) is 0 Å². The van der Waals surface area contributed by atoms with Crippen LogP contribution in [0.5, 0.6) is 0 Å². The van der Waals surface area contributed by atoms with Gasteiger partial charge in [0.2, 0.25) is 5.91 Å². The molecular formula is C5H8N2O2. The molecule has 1 N–H and O–H groups in total. The summed E-state index contributed by atoms with van der Waals surface area (Å²) in [4.78, 5) is 20.3. The Morgan fingerprint density at radius 1 is 1.78 bits per heavy atom. The van der Waals surface area contributed by atoms with Gasteiger partial charge >= 0.3 is 0 Å². The summed E-state index contributed by atoms with van der Waals surface area (Å²) in [5, 5.41) is 1.59. The number of rotatable bonds is 2. The molecule has 4 heteroatoms. The van der Waals surface area contributed by atoms with Gasteiger partial charge in [0.05, 0.1) is 6.54 Å². The van der Waals surface area contributed by atoms with Crippen LogP contribution in [-0.4, -0.2) is 30.3 Å². The van der Waals surface area contributed by atoms with Gasteiger partial charge in [-0.3, -0.25) is 10.2 Å². The van der Waals surface area contributed by atoms with Gasteiger partial charge in [0.1, 0.15) is 6.29 Å². The third-order valence-electron chi connectivity index (χ3n) is 1.19. The van der Waals surface area contributed by atoms with Gasteiger partial charge in [-0.25, -0.2) is 5.01 Å². The Bertz CT molecular complexity index is 135. The first kappa shape index (κ1) is 6.22. The van der Waals surface area contributed by atoms with Crippen molar-refractivity contribution in [2.75, 3.05) is 13.1 Å². The molecule has 0 saturated carbocycles. The van der Waals surface area contributed by atoms with E-state index in [-0.39, 0.29) is 5.91 Å². The monoisotopic (exact) mass is 128 g/mol. The molecule has 0 unspecified atom stereocenters. The van der Waals surface area contributed by atoms with Crippen molar-refractivity contribution in [1.82, 2.24) is 10.4 Å². The van der Waals surface area contributed by atoms with Gasteiger partial charge in [0.15, 0.2) is 0 Å². The Kier molecular flexibility index (Phi) is 1.79. The summed E-state index contributed by atoms with van der Waals surface area (Å²) >= 11 is 0. The molecule has 50 valence electrons. The number of hydrogen-bond acceptors (Lipinski definition) is 3. The quantitative estimate of drug-likeness (QED) is 0.481. The molecule has 1 aliphatic heterocycles. The van der Waals surface area contributed by atoms with Crippen LogP contribution >= 0.6 is 0 Å². The van der Waals surface area contributed by atoms with Gasteiger partial charge in [-0.15, -0.1) is 0 Å². The Balaban J connectivity index is 2.29. The number of nitrogens with one attached hydrogen (secondary N) is 1. The van der Waals surface area contributed by atoms with Crippen LogP contribution in [0, 0.1) is 0 Å². The number of hydrogen-bond donors (Lipinski definition) is 1. The number of aldehydes is 1. The number of amides is 1. The van der Waals surface area contributed by atoms with E-state index in [0.29, 0.717) is 19.5 Å². The molecule has 1 saturated heterocycles. The smallest absolute Gasteiger partial charge is 0.235 e. The fraction of sp³-hybridized carbons (Fsp3) is 0.600. The normalized spacial score (nSPS) is 19.8. The zero-order valence-electron chi connectivity index (χ0n) is 4.96. The topological polar surface area (TPSA) is 49.4 Å². The zero-order valence-corrected chi connectivity index (χ0v) is 4.96. The molecule has 1 heterocycles. The lowest BCUT2D eigenvalue weighted by Crippen LogP contribution is -2.34. The largest absolute Gasteiger partial charge is 0.302 e. The second-order valence-electron chi connectivity index (χ2n) is 1.90. The second kappa shape index (κ2) is 2.59. The molecule has 0 atom stereocenters. The van der Waals surface area contributed by atoms with Gasteiger partial charge in [0.25, 0.3) is 0 Å². The number of carbonyl (C=O) groups excluding carboxylic acids is 2. The molecule has 0 spiro atoms. The highest BCUT2D eigenvalue weighted by atomic mass is 16.2. The van der Waals surface area contributed by atoms with Crippen LogP contribution in [0.4, 0.5) is 0 Å². The van der Waals surface area contributed by atoms with E-state index < -0.39 is 0 Å². The lowest BCUT2D eigenvalue weighted by atomic mass is 10.4. The highest BCUT2D eigenvalue weighted by Gasteiger charge is 2.16. The van der Waals surface area contributed by atoms with Gasteiger partial charge < -0.3 is 4.79 Å². The standard InChI is InChI=1S/C5H8N2O2/c8-4-3-7-2-1-5(9)6-7/h4H,1-3H2,(H,6,9). The fourth-order valence-electron chi connectivity index (χ4n) is 0.752. The van der Waals surface area contributed by atoms with E-state index in [4.69, 9.17) is 0 Å². The first-order valence-corrected chi connectivity index (χ1v) is 2.81. The van der Waals surface area contributed by atoms with Crippen molar-refractivity contribution in [3.8, 4) is 0 Å². The van der Waals surface area contributed by atoms with Gasteiger partial charge in [-0.2, -0.15) is 0 Å². The van der Waals surface area contributed by atoms with E-state index in [1.807, 2.05) is 0 Å². The molecule has 9 heavy (non-hydrogen) atoms. The average Bonchev–Trinajstić information content (AvgIpc) is 2.17. The molecule has 0 aromatic heterocycles. The maximum absolute atomic E-state index is 10.5. The van der Waals surface area contributed by atoms with Crippen molar-refractivity contribution in [1.29, 1.82) is 0 Å². The first-order valence-electron chi connectivity index (χ1n) is 2.81. The summed E-state index contributed by atoms with van der Waals surface area (Å²) in [7, 11) is 0. The van der Waals surface area contributed by atoms with E-state index in [2.05, 4.69) is 5.43 Å². The minimum atomic E-state index is -0.00292. The minimum absolute atomic E-state index is 0.00292. The van der Waals surface area contributed by atoms with Crippen molar-refractivity contribution in [3.63, 3.8) is 0 Å². The molecule has 0 radical (unpaired) electrons. The van der Waals surface area contributed by atoms with Crippen molar-refractivity contribution >= 4 is 12.2 Å². The Morgan fingerprint density at radius 3 is 3.00 bits per heavy atom. The van der Waals surface area contributed by atoms with Crippen LogP contribution in [0.25, 0.3) is 0 Å². The predicted octanol–water partition coefficient (Wildman–Crippen LogP) is -1.08. The third-order valence-corrected chi connectivity index (χ3v) is 1.19. The van der Waals surface area contributed by atoms with Gasteiger partial charge in [-0.05, 0) is 0 Å². The minimum Gasteiger partial charge on any atom is -0.302 e. The van der Waals surface area contributed by atoms with E-state index in [1.54, 1.807) is 5.01 Å². The van der Waals surface area contributed by atoms with Crippen molar-refractivity contribution in [2.45, 2.75) is 6.42 Å². The Morgan fingerprint density at radius 2 is 2.56 bits per heavy atom. The maximum atomic E-state index is 10.5. The van der Waals surface area contributed by atoms with Crippen molar-refractivity contribution in [3.05, 3.63) is 0 Å². The fourth-order valence-corrected chi connectivity index (χ4v) is 0.752. The van der Waals surface area contributed by atoms with Crippen LogP contribution in [0.2, 0.25) is 0 Å². The van der Waals surface area contributed by atoms with Crippen LogP contribution in [-0.2, 0) is 9.59 Å². The highest BCUT2D eigenvalue weighted by molar-refractivity contribution is 5.77. The molecule has 0 aromatic rings. The molecule has 0 bridgehead atoms. The van der Waals surface area contributed by atoms with Crippen LogP contribution in [0.15, 0.2) is 0 Å². The zero-order chi connectivity index (χ0) is 6.69. The Hall–Kier alpha value is -0.900. The van der Waals surface area contributed by atoms with Crippen LogP contribution in [0.1, 0.15) is 6.42 Å². The number of hydrazine groups is 1. The van der Waals surface area contributed by atoms with E-state index in [9.17, 15) is 9.59 Å². The second-order valence-corrected chi connectivity index (χ2v) is 1.90. The molecule has 0 aromatic carbocycles. The molecular weight excluding hydrogens is 120 g/mol. The predicted molar refractivity (Wildman–Crippen MR) is 30.4 cm³/mol. The first-order chi connectivity index (χ1) is 4.33. The van der Waals surface area contributed by atoms with Gasteiger partial charge in [0, 0.05) is 13.0 Å². The molecule has 1 aliphatic rings. The van der Waals surface area contributed by atoms with Crippen molar-refractivity contribution in [2.24, 2.45) is 0 Å². The molecule has 4 nitrogen and oxygen atoms in total. The SMILES string of the molecule is O=CCN1CCC(=O)N1. The molecule has 0 aliphatic carbocycles. The number of nitrogens with zero attached hydrogens (tertiary/aromatic N) is 1. The van der Waals surface area contributed by atoms with E-state index >= 15 is 0 Å². The summed E-state index contributed by atoms with van der Waals surface area (Å²) < 4.78 is 0. The Labute approximate surface area is 52.8 Å². The van der Waals surface area contributed by atoms with E-state index in [0.717, 1.165) is 6.29 Å². The third kappa shape index (κ3) is 1.50. The summed E-state index contributed by atoms with van der Waals surface area (Å²) in [6.07, 6.45) is 1.28. The van der Waals surface area contributed by atoms with Crippen LogP contribution < -0.4 is 5.43 Å².